The minimum absolute atomic E-state index is 0.0692. The van der Waals surface area contributed by atoms with Crippen LogP contribution in [0.25, 0.3) is 0 Å². The molecule has 0 bridgehead atoms. The number of nitrogens with one attached hydrogen (secondary N) is 2. The van der Waals surface area contributed by atoms with E-state index >= 15 is 0 Å². The first-order valence-corrected chi connectivity index (χ1v) is 9.20. The van der Waals surface area contributed by atoms with Gasteiger partial charge < -0.3 is 25.2 Å². The number of methoxy groups -OCH3 is 1. The van der Waals surface area contributed by atoms with Gasteiger partial charge in [-0.2, -0.15) is 0 Å². The van der Waals surface area contributed by atoms with Gasteiger partial charge in [0, 0.05) is 17.1 Å². The minimum Gasteiger partial charge on any atom is -0.504 e. The SMILES string of the molecule is CCNC(=NCc1cccc(OC)c1O)NCC(C)Oc1ccc(Cl)cc1. The van der Waals surface area contributed by atoms with Gasteiger partial charge in [0.15, 0.2) is 17.5 Å². The van der Waals surface area contributed by atoms with Crippen molar-refractivity contribution in [2.75, 3.05) is 20.2 Å². The van der Waals surface area contributed by atoms with Crippen LogP contribution in [0.15, 0.2) is 47.5 Å². The molecule has 1 unspecified atom stereocenters. The second kappa shape index (κ2) is 10.5. The molecule has 27 heavy (non-hydrogen) atoms. The number of guanidine groups is 1. The summed E-state index contributed by atoms with van der Waals surface area (Å²) in [5.41, 5.74) is 0.692. The number of para-hydroxylation sites is 1. The summed E-state index contributed by atoms with van der Waals surface area (Å²) in [6, 6.07) is 12.6. The van der Waals surface area contributed by atoms with Crippen LogP contribution in [0.5, 0.6) is 17.2 Å². The van der Waals surface area contributed by atoms with Crippen LogP contribution in [0, 0.1) is 0 Å². The highest BCUT2D eigenvalue weighted by molar-refractivity contribution is 6.30. The molecular formula is C20H26ClN3O3. The third-order valence-corrected chi connectivity index (χ3v) is 4.01. The van der Waals surface area contributed by atoms with E-state index in [1.54, 1.807) is 18.2 Å². The molecule has 2 aromatic rings. The van der Waals surface area contributed by atoms with Crippen molar-refractivity contribution in [3.05, 3.63) is 53.1 Å². The van der Waals surface area contributed by atoms with Gasteiger partial charge in [0.2, 0.25) is 0 Å². The maximum absolute atomic E-state index is 10.2. The highest BCUT2D eigenvalue weighted by Crippen LogP contribution is 2.29. The van der Waals surface area contributed by atoms with Crippen LogP contribution in [0.2, 0.25) is 5.02 Å². The van der Waals surface area contributed by atoms with Crippen molar-refractivity contribution in [2.45, 2.75) is 26.5 Å². The molecule has 0 fully saturated rings. The van der Waals surface area contributed by atoms with E-state index in [2.05, 4.69) is 15.6 Å². The first kappa shape index (κ1) is 20.7. The number of phenols is 1. The monoisotopic (exact) mass is 391 g/mol. The maximum atomic E-state index is 10.2. The molecule has 0 aliphatic carbocycles. The van der Waals surface area contributed by atoms with Gasteiger partial charge in [-0.05, 0) is 44.2 Å². The molecule has 7 heteroatoms. The molecule has 0 heterocycles. The molecule has 0 saturated heterocycles. The Morgan fingerprint density at radius 2 is 1.93 bits per heavy atom. The van der Waals surface area contributed by atoms with E-state index in [1.165, 1.54) is 7.11 Å². The van der Waals surface area contributed by atoms with Gasteiger partial charge in [-0.3, -0.25) is 0 Å². The predicted molar refractivity (Wildman–Crippen MR) is 109 cm³/mol. The standard InChI is InChI=1S/C20H26ClN3O3/c1-4-22-20(24-13-15-6-5-7-18(26-3)19(15)25)23-12-14(2)27-17-10-8-16(21)9-11-17/h5-11,14,25H,4,12-13H2,1-3H3,(H2,22,23,24). The zero-order valence-corrected chi connectivity index (χ0v) is 16.6. The van der Waals surface area contributed by atoms with Crippen molar-refractivity contribution in [3.8, 4) is 17.2 Å². The Hall–Kier alpha value is -2.60. The normalized spacial score (nSPS) is 12.4. The Morgan fingerprint density at radius 1 is 1.19 bits per heavy atom. The van der Waals surface area contributed by atoms with E-state index in [9.17, 15) is 5.11 Å². The Kier molecular flexibility index (Phi) is 8.07. The zero-order valence-electron chi connectivity index (χ0n) is 15.8. The molecule has 0 amide bonds. The lowest BCUT2D eigenvalue weighted by Gasteiger charge is -2.18. The van der Waals surface area contributed by atoms with Gasteiger partial charge in [-0.25, -0.2) is 4.99 Å². The van der Waals surface area contributed by atoms with Crippen molar-refractivity contribution in [2.24, 2.45) is 4.99 Å². The van der Waals surface area contributed by atoms with Crippen LogP contribution in [-0.4, -0.2) is 37.4 Å². The average Bonchev–Trinajstić information content (AvgIpc) is 2.67. The number of hydrogen-bond donors (Lipinski definition) is 3. The molecule has 1 atom stereocenters. The minimum atomic E-state index is -0.0692. The fourth-order valence-electron chi connectivity index (χ4n) is 2.39. The molecule has 0 aliphatic rings. The van der Waals surface area contributed by atoms with E-state index in [4.69, 9.17) is 21.1 Å². The molecule has 2 rings (SSSR count). The Labute approximate surface area is 165 Å². The molecule has 0 spiro atoms. The number of nitrogens with zero attached hydrogens (tertiary/aromatic N) is 1. The number of aromatic hydroxyl groups is 1. The third kappa shape index (κ3) is 6.57. The third-order valence-electron chi connectivity index (χ3n) is 3.76. The lowest BCUT2D eigenvalue weighted by atomic mass is 10.2. The molecule has 3 N–H and O–H groups in total. The van der Waals surface area contributed by atoms with Gasteiger partial charge in [0.1, 0.15) is 11.9 Å². The number of halogens is 1. The second-order valence-electron chi connectivity index (χ2n) is 5.93. The molecule has 6 nitrogen and oxygen atoms in total. The number of rotatable bonds is 8. The van der Waals surface area contributed by atoms with Crippen molar-refractivity contribution in [1.82, 2.24) is 10.6 Å². The largest absolute Gasteiger partial charge is 0.504 e. The highest BCUT2D eigenvalue weighted by Gasteiger charge is 2.09. The van der Waals surface area contributed by atoms with Crippen LogP contribution in [0.3, 0.4) is 0 Å². The zero-order chi connectivity index (χ0) is 19.6. The van der Waals surface area contributed by atoms with Gasteiger partial charge in [0.05, 0.1) is 20.2 Å². The summed E-state index contributed by atoms with van der Waals surface area (Å²) >= 11 is 5.88. The predicted octanol–water partition coefficient (Wildman–Crippen LogP) is 3.58. The lowest BCUT2D eigenvalue weighted by molar-refractivity contribution is 0.224. The van der Waals surface area contributed by atoms with E-state index < -0.39 is 0 Å². The summed E-state index contributed by atoms with van der Waals surface area (Å²) in [4.78, 5) is 4.52. The lowest BCUT2D eigenvalue weighted by Crippen LogP contribution is -2.41. The molecule has 0 radical (unpaired) electrons. The Bertz CT molecular complexity index is 751. The average molecular weight is 392 g/mol. The number of phenolic OH excluding ortho intramolecular Hbond substituents is 1. The number of ether oxygens (including phenoxy) is 2. The van der Waals surface area contributed by atoms with Crippen molar-refractivity contribution in [3.63, 3.8) is 0 Å². The topological polar surface area (TPSA) is 75.1 Å². The first-order valence-electron chi connectivity index (χ1n) is 8.82. The summed E-state index contributed by atoms with van der Waals surface area (Å²) < 4.78 is 11.0. The van der Waals surface area contributed by atoms with Crippen LogP contribution in [-0.2, 0) is 6.54 Å². The summed E-state index contributed by atoms with van der Waals surface area (Å²) in [6.45, 7) is 5.58. The van der Waals surface area contributed by atoms with E-state index in [1.807, 2.05) is 38.1 Å². The van der Waals surface area contributed by atoms with E-state index in [0.717, 1.165) is 12.3 Å². The second-order valence-corrected chi connectivity index (χ2v) is 6.36. The number of hydrogen-bond acceptors (Lipinski definition) is 4. The number of benzene rings is 2. The fourth-order valence-corrected chi connectivity index (χ4v) is 2.52. The molecule has 2 aromatic carbocycles. The van der Waals surface area contributed by atoms with Gasteiger partial charge >= 0.3 is 0 Å². The fraction of sp³-hybridized carbons (Fsp3) is 0.350. The summed E-state index contributed by atoms with van der Waals surface area (Å²) in [7, 11) is 1.52. The van der Waals surface area contributed by atoms with Crippen molar-refractivity contribution >= 4 is 17.6 Å². The molecular weight excluding hydrogens is 366 g/mol. The van der Waals surface area contributed by atoms with Gasteiger partial charge in [0.25, 0.3) is 0 Å². The molecule has 0 saturated carbocycles. The smallest absolute Gasteiger partial charge is 0.191 e. The number of aliphatic imine (C=N–C) groups is 1. The van der Waals surface area contributed by atoms with E-state index in [0.29, 0.717) is 35.4 Å². The van der Waals surface area contributed by atoms with E-state index in [-0.39, 0.29) is 11.9 Å². The molecule has 146 valence electrons. The van der Waals surface area contributed by atoms with Crippen molar-refractivity contribution < 1.29 is 14.6 Å². The van der Waals surface area contributed by atoms with Crippen LogP contribution < -0.4 is 20.1 Å². The summed E-state index contributed by atoms with van der Waals surface area (Å²) in [6.07, 6.45) is -0.0692. The Morgan fingerprint density at radius 3 is 2.59 bits per heavy atom. The van der Waals surface area contributed by atoms with Gasteiger partial charge in [-0.15, -0.1) is 0 Å². The van der Waals surface area contributed by atoms with Crippen LogP contribution in [0.1, 0.15) is 19.4 Å². The van der Waals surface area contributed by atoms with Crippen LogP contribution in [0.4, 0.5) is 0 Å². The first-order chi connectivity index (χ1) is 13.0. The quantitative estimate of drug-likeness (QED) is 0.473. The molecule has 0 aliphatic heterocycles. The van der Waals surface area contributed by atoms with Crippen LogP contribution >= 0.6 is 11.6 Å². The van der Waals surface area contributed by atoms with Crippen molar-refractivity contribution in [1.29, 1.82) is 0 Å². The summed E-state index contributed by atoms with van der Waals surface area (Å²) in [5, 5.41) is 17.3. The van der Waals surface area contributed by atoms with Gasteiger partial charge in [-0.1, -0.05) is 23.7 Å². The molecule has 0 aromatic heterocycles. The summed E-state index contributed by atoms with van der Waals surface area (Å²) in [5.74, 6) is 1.95. The maximum Gasteiger partial charge on any atom is 0.191 e. The highest BCUT2D eigenvalue weighted by atomic mass is 35.5. The Balaban J connectivity index is 1.94.